The van der Waals surface area contributed by atoms with Gasteiger partial charge in [0.25, 0.3) is 0 Å². The van der Waals surface area contributed by atoms with E-state index in [2.05, 4.69) is 20.8 Å². The molecule has 130 valence electrons. The predicted octanol–water partition coefficient (Wildman–Crippen LogP) is 4.11. The number of thioether (sulfide) groups is 1. The Morgan fingerprint density at radius 2 is 2.12 bits per heavy atom. The Kier molecular flexibility index (Phi) is 6.05. The Labute approximate surface area is 145 Å². The van der Waals surface area contributed by atoms with E-state index in [4.69, 9.17) is 0 Å². The molecule has 0 aliphatic carbocycles. The van der Waals surface area contributed by atoms with Gasteiger partial charge in [0.15, 0.2) is 4.34 Å². The highest BCUT2D eigenvalue weighted by atomic mass is 32.2. The summed E-state index contributed by atoms with van der Waals surface area (Å²) in [6.45, 7) is 4.30. The summed E-state index contributed by atoms with van der Waals surface area (Å²) < 4.78 is 38.6. The van der Waals surface area contributed by atoms with Crippen molar-refractivity contribution < 1.29 is 18.0 Å². The first-order chi connectivity index (χ1) is 11.3. The number of halogens is 3. The van der Waals surface area contributed by atoms with Crippen LogP contribution < -0.4 is 10.6 Å². The van der Waals surface area contributed by atoms with Gasteiger partial charge in [-0.05, 0) is 32.0 Å². The molecule has 24 heavy (non-hydrogen) atoms. The van der Waals surface area contributed by atoms with Crippen molar-refractivity contribution in [3.63, 3.8) is 0 Å². The zero-order chi connectivity index (χ0) is 17.7. The summed E-state index contributed by atoms with van der Waals surface area (Å²) in [7, 11) is 0. The van der Waals surface area contributed by atoms with Gasteiger partial charge in [-0.25, -0.2) is 0 Å². The minimum Gasteiger partial charge on any atom is -0.360 e. The maximum atomic E-state index is 12.7. The molecule has 1 atom stereocenters. The SMILES string of the molecule is CCNc1nnc(S[C@H](C)C(=O)Nc2cccc(C(F)(F)F)c2)s1. The third-order valence-electron chi connectivity index (χ3n) is 2.84. The van der Waals surface area contributed by atoms with Crippen molar-refractivity contribution in [1.29, 1.82) is 0 Å². The zero-order valence-corrected chi connectivity index (χ0v) is 14.5. The number of nitrogens with one attached hydrogen (secondary N) is 2. The summed E-state index contributed by atoms with van der Waals surface area (Å²) >= 11 is 2.51. The minimum atomic E-state index is -4.45. The summed E-state index contributed by atoms with van der Waals surface area (Å²) in [5.41, 5.74) is -0.701. The molecule has 0 saturated carbocycles. The van der Waals surface area contributed by atoms with Crippen LogP contribution in [-0.2, 0) is 11.0 Å². The highest BCUT2D eigenvalue weighted by molar-refractivity contribution is 8.02. The van der Waals surface area contributed by atoms with Crippen LogP contribution in [0.15, 0.2) is 28.6 Å². The van der Waals surface area contributed by atoms with Crippen molar-refractivity contribution in [2.24, 2.45) is 0 Å². The van der Waals surface area contributed by atoms with Crippen molar-refractivity contribution in [3.05, 3.63) is 29.8 Å². The van der Waals surface area contributed by atoms with Gasteiger partial charge in [-0.2, -0.15) is 13.2 Å². The number of hydrogen-bond donors (Lipinski definition) is 2. The number of alkyl halides is 3. The number of rotatable bonds is 6. The highest BCUT2D eigenvalue weighted by Crippen LogP contribution is 2.32. The summed E-state index contributed by atoms with van der Waals surface area (Å²) in [6, 6.07) is 4.53. The fourth-order valence-corrected chi connectivity index (χ4v) is 3.67. The molecule has 0 bridgehead atoms. The molecule has 1 heterocycles. The highest BCUT2D eigenvalue weighted by Gasteiger charge is 2.30. The molecule has 0 aliphatic heterocycles. The number of nitrogens with zero attached hydrogens (tertiary/aromatic N) is 2. The molecule has 0 fully saturated rings. The number of hydrogen-bond acceptors (Lipinski definition) is 6. The third-order valence-corrected chi connectivity index (χ3v) is 4.90. The lowest BCUT2D eigenvalue weighted by Gasteiger charge is -2.12. The summed E-state index contributed by atoms with van der Waals surface area (Å²) in [5, 5.41) is 13.5. The van der Waals surface area contributed by atoms with Crippen LogP contribution in [0.5, 0.6) is 0 Å². The molecule has 1 amide bonds. The van der Waals surface area contributed by atoms with Gasteiger partial charge in [-0.3, -0.25) is 4.79 Å². The van der Waals surface area contributed by atoms with E-state index >= 15 is 0 Å². The van der Waals surface area contributed by atoms with E-state index in [1.54, 1.807) is 6.92 Å². The second-order valence-electron chi connectivity index (χ2n) is 4.73. The average Bonchev–Trinajstić information content (AvgIpc) is 2.94. The first kappa shape index (κ1) is 18.5. The number of anilines is 2. The molecule has 0 unspecified atom stereocenters. The van der Waals surface area contributed by atoms with E-state index in [9.17, 15) is 18.0 Å². The largest absolute Gasteiger partial charge is 0.416 e. The van der Waals surface area contributed by atoms with Crippen molar-refractivity contribution in [2.45, 2.75) is 29.6 Å². The number of aromatic nitrogens is 2. The fraction of sp³-hybridized carbons (Fsp3) is 0.357. The Bertz CT molecular complexity index is 705. The van der Waals surface area contributed by atoms with Gasteiger partial charge in [0, 0.05) is 12.2 Å². The molecule has 2 N–H and O–H groups in total. The molecule has 10 heteroatoms. The first-order valence-corrected chi connectivity index (χ1v) is 8.71. The van der Waals surface area contributed by atoms with Crippen molar-refractivity contribution in [3.8, 4) is 0 Å². The Morgan fingerprint density at radius 3 is 2.79 bits per heavy atom. The normalized spacial score (nSPS) is 12.7. The first-order valence-electron chi connectivity index (χ1n) is 7.01. The van der Waals surface area contributed by atoms with E-state index in [1.165, 1.54) is 35.2 Å². The van der Waals surface area contributed by atoms with Gasteiger partial charge < -0.3 is 10.6 Å². The number of benzene rings is 1. The van der Waals surface area contributed by atoms with E-state index in [0.717, 1.165) is 12.1 Å². The van der Waals surface area contributed by atoms with Crippen LogP contribution in [0, 0.1) is 0 Å². The van der Waals surface area contributed by atoms with Gasteiger partial charge in [0.05, 0.1) is 10.8 Å². The van der Waals surface area contributed by atoms with Crippen LogP contribution in [0.2, 0.25) is 0 Å². The van der Waals surface area contributed by atoms with Gasteiger partial charge in [0.2, 0.25) is 11.0 Å². The van der Waals surface area contributed by atoms with Gasteiger partial charge >= 0.3 is 6.18 Å². The molecular weight excluding hydrogens is 361 g/mol. The standard InChI is InChI=1S/C14H15F3N4OS2/c1-3-18-12-20-21-13(24-12)23-8(2)11(22)19-10-6-4-5-9(7-10)14(15,16)17/h4-8H,3H2,1-2H3,(H,18,20)(H,19,22)/t8-/m1/s1. The summed E-state index contributed by atoms with van der Waals surface area (Å²) in [4.78, 5) is 12.1. The van der Waals surface area contributed by atoms with Crippen LogP contribution in [0.4, 0.5) is 24.0 Å². The lowest BCUT2D eigenvalue weighted by atomic mass is 10.2. The van der Waals surface area contributed by atoms with Crippen LogP contribution in [0.3, 0.4) is 0 Å². The molecule has 1 aromatic carbocycles. The van der Waals surface area contributed by atoms with E-state index in [0.29, 0.717) is 16.0 Å². The van der Waals surface area contributed by atoms with E-state index < -0.39 is 22.9 Å². The second kappa shape index (κ2) is 7.84. The average molecular weight is 376 g/mol. The van der Waals surface area contributed by atoms with Crippen LogP contribution in [-0.4, -0.2) is 27.9 Å². The smallest absolute Gasteiger partial charge is 0.360 e. The van der Waals surface area contributed by atoms with Gasteiger partial charge in [0.1, 0.15) is 0 Å². The van der Waals surface area contributed by atoms with E-state index in [1.807, 2.05) is 6.92 Å². The maximum absolute atomic E-state index is 12.7. The Hall–Kier alpha value is -1.81. The Balaban J connectivity index is 1.98. The van der Waals surface area contributed by atoms with Crippen molar-refractivity contribution >= 4 is 39.8 Å². The molecule has 5 nitrogen and oxygen atoms in total. The van der Waals surface area contributed by atoms with Gasteiger partial charge in [-0.15, -0.1) is 10.2 Å². The Morgan fingerprint density at radius 1 is 1.38 bits per heavy atom. The summed E-state index contributed by atoms with van der Waals surface area (Å²) in [6.07, 6.45) is -4.45. The quantitative estimate of drug-likeness (QED) is 0.743. The van der Waals surface area contributed by atoms with Crippen LogP contribution >= 0.6 is 23.1 Å². The molecule has 2 aromatic rings. The van der Waals surface area contributed by atoms with Gasteiger partial charge in [-0.1, -0.05) is 29.2 Å². The summed E-state index contributed by atoms with van der Waals surface area (Å²) in [5.74, 6) is -0.403. The lowest BCUT2D eigenvalue weighted by Crippen LogP contribution is -2.22. The zero-order valence-electron chi connectivity index (χ0n) is 12.8. The number of amides is 1. The topological polar surface area (TPSA) is 66.9 Å². The molecule has 1 aromatic heterocycles. The number of carbonyl (C=O) groups is 1. The third kappa shape index (κ3) is 5.10. The monoisotopic (exact) mass is 376 g/mol. The molecule has 0 aliphatic rings. The molecule has 0 radical (unpaired) electrons. The predicted molar refractivity (Wildman–Crippen MR) is 89.5 cm³/mol. The fourth-order valence-electron chi connectivity index (χ4n) is 1.70. The molecular formula is C14H15F3N4OS2. The minimum absolute atomic E-state index is 0.105. The van der Waals surface area contributed by atoms with E-state index in [-0.39, 0.29) is 5.69 Å². The van der Waals surface area contributed by atoms with Crippen molar-refractivity contribution in [2.75, 3.05) is 17.2 Å². The molecule has 2 rings (SSSR count). The van der Waals surface area contributed by atoms with Crippen LogP contribution in [0.25, 0.3) is 0 Å². The maximum Gasteiger partial charge on any atom is 0.416 e. The molecule has 0 saturated heterocycles. The van der Waals surface area contributed by atoms with Crippen molar-refractivity contribution in [1.82, 2.24) is 10.2 Å². The second-order valence-corrected chi connectivity index (χ2v) is 7.30. The molecule has 0 spiro atoms. The lowest BCUT2D eigenvalue weighted by molar-refractivity contribution is -0.137. The van der Waals surface area contributed by atoms with Crippen LogP contribution in [0.1, 0.15) is 19.4 Å². The number of carbonyl (C=O) groups excluding carboxylic acids is 1.